The molecule has 4 heteroatoms. The van der Waals surface area contributed by atoms with Crippen LogP contribution in [0.15, 0.2) is 73.1 Å². The van der Waals surface area contributed by atoms with Crippen molar-refractivity contribution < 1.29 is 4.79 Å². The average Bonchev–Trinajstić information content (AvgIpc) is 2.96. The van der Waals surface area contributed by atoms with Gasteiger partial charge in [0.25, 0.3) is 5.91 Å². The molecule has 4 nitrogen and oxygen atoms in total. The van der Waals surface area contributed by atoms with Crippen molar-refractivity contribution >= 4 is 5.91 Å². The molecule has 0 unspecified atom stereocenters. The van der Waals surface area contributed by atoms with E-state index in [9.17, 15) is 4.79 Å². The van der Waals surface area contributed by atoms with Crippen LogP contribution in [0.5, 0.6) is 0 Å². The van der Waals surface area contributed by atoms with Crippen molar-refractivity contribution in [1.29, 1.82) is 0 Å². The lowest BCUT2D eigenvalue weighted by molar-refractivity contribution is 0.0987. The number of rotatable bonds is 2. The van der Waals surface area contributed by atoms with Gasteiger partial charge >= 0.3 is 0 Å². The maximum absolute atomic E-state index is 10.4. The van der Waals surface area contributed by atoms with E-state index in [1.807, 2.05) is 12.1 Å². The third-order valence-electron chi connectivity index (χ3n) is 2.92. The minimum atomic E-state index is -0.498. The predicted octanol–water partition coefficient (Wildman–Crippen LogP) is 2.87. The Morgan fingerprint density at radius 1 is 0.952 bits per heavy atom. The molecule has 21 heavy (non-hydrogen) atoms. The summed E-state index contributed by atoms with van der Waals surface area (Å²) in [6.45, 7) is 0. The maximum atomic E-state index is 10.4. The van der Waals surface area contributed by atoms with Crippen LogP contribution < -0.4 is 5.73 Å². The number of aromatic nitrogens is 2. The van der Waals surface area contributed by atoms with Gasteiger partial charge in [0, 0.05) is 19.4 Å². The van der Waals surface area contributed by atoms with E-state index in [-0.39, 0.29) is 5.82 Å². The van der Waals surface area contributed by atoms with E-state index < -0.39 is 5.91 Å². The van der Waals surface area contributed by atoms with Crippen LogP contribution >= 0.6 is 0 Å². The highest BCUT2D eigenvalue weighted by Gasteiger charge is 2.03. The van der Waals surface area contributed by atoms with Crippen molar-refractivity contribution in [3.05, 3.63) is 78.9 Å². The zero-order chi connectivity index (χ0) is 15.1. The number of aryl methyl sites for hydroxylation is 1. The van der Waals surface area contributed by atoms with E-state index in [0.717, 1.165) is 0 Å². The summed E-state index contributed by atoms with van der Waals surface area (Å²) in [6, 6.07) is 20.8. The molecule has 0 aliphatic heterocycles. The minimum absolute atomic E-state index is 0.287. The number of nitrogens with two attached hydrogens (primary N) is 1. The smallest absolute Gasteiger partial charge is 0.284 e. The summed E-state index contributed by atoms with van der Waals surface area (Å²) in [4.78, 5) is 14.1. The zero-order valence-electron chi connectivity index (χ0n) is 11.8. The molecule has 1 aromatic heterocycles. The fourth-order valence-electron chi connectivity index (χ4n) is 1.86. The highest BCUT2D eigenvalue weighted by molar-refractivity contribution is 5.89. The van der Waals surface area contributed by atoms with Gasteiger partial charge in [-0.1, -0.05) is 60.7 Å². The summed E-state index contributed by atoms with van der Waals surface area (Å²) < 4.78 is 1.57. The van der Waals surface area contributed by atoms with Gasteiger partial charge in [0.15, 0.2) is 5.82 Å². The number of primary amides is 1. The van der Waals surface area contributed by atoms with Crippen LogP contribution in [0, 0.1) is 0 Å². The summed E-state index contributed by atoms with van der Waals surface area (Å²) in [7, 11) is 1.72. The summed E-state index contributed by atoms with van der Waals surface area (Å²) in [6.07, 6.45) is 3.19. The van der Waals surface area contributed by atoms with Gasteiger partial charge in [-0.25, -0.2) is 4.98 Å². The highest BCUT2D eigenvalue weighted by atomic mass is 16.1. The highest BCUT2D eigenvalue weighted by Crippen LogP contribution is 2.17. The van der Waals surface area contributed by atoms with E-state index in [4.69, 9.17) is 5.73 Å². The molecule has 0 fully saturated rings. The molecular weight excluding hydrogens is 262 g/mol. The normalized spacial score (nSPS) is 9.57. The van der Waals surface area contributed by atoms with Crippen molar-refractivity contribution in [2.75, 3.05) is 0 Å². The fraction of sp³-hybridized carbons (Fsp3) is 0.0588. The molecule has 3 rings (SSSR count). The van der Waals surface area contributed by atoms with Gasteiger partial charge < -0.3 is 10.3 Å². The predicted molar refractivity (Wildman–Crippen MR) is 83.6 cm³/mol. The third kappa shape index (κ3) is 4.04. The van der Waals surface area contributed by atoms with Gasteiger partial charge in [-0.15, -0.1) is 0 Å². The quantitative estimate of drug-likeness (QED) is 0.784. The average molecular weight is 279 g/mol. The number of amides is 1. The second-order valence-electron chi connectivity index (χ2n) is 4.46. The van der Waals surface area contributed by atoms with Crippen molar-refractivity contribution in [2.45, 2.75) is 0 Å². The van der Waals surface area contributed by atoms with Crippen molar-refractivity contribution in [2.24, 2.45) is 12.8 Å². The largest absolute Gasteiger partial charge is 0.363 e. The molecule has 1 heterocycles. The molecule has 0 aliphatic carbocycles. The Hall–Kier alpha value is -2.88. The standard InChI is InChI=1S/C12H10.C5H7N3O/c1-3-7-11(8-4-1)12-9-5-2-6-10-12;1-8-3-2-7-5(8)4(6)9/h1-10H;2-3H,1H3,(H2,6,9). The molecule has 3 aromatic rings. The topological polar surface area (TPSA) is 60.9 Å². The number of carbonyl (C=O) groups is 1. The molecule has 1 amide bonds. The van der Waals surface area contributed by atoms with E-state index in [1.165, 1.54) is 17.3 Å². The lowest BCUT2D eigenvalue weighted by Gasteiger charge is -1.98. The second kappa shape index (κ2) is 7.05. The number of carbonyl (C=O) groups excluding carboxylic acids is 1. The minimum Gasteiger partial charge on any atom is -0.363 e. The Bertz CT molecular complexity index is 653. The molecule has 0 bridgehead atoms. The van der Waals surface area contributed by atoms with Crippen molar-refractivity contribution in [3.63, 3.8) is 0 Å². The Balaban J connectivity index is 0.000000161. The summed E-state index contributed by atoms with van der Waals surface area (Å²) in [5.41, 5.74) is 7.49. The molecule has 2 aromatic carbocycles. The Labute approximate surface area is 123 Å². The van der Waals surface area contributed by atoms with E-state index in [1.54, 1.807) is 17.8 Å². The first-order valence-corrected chi connectivity index (χ1v) is 6.56. The molecule has 0 spiro atoms. The molecule has 2 N–H and O–H groups in total. The molecule has 0 aliphatic rings. The van der Waals surface area contributed by atoms with Crippen LogP contribution in [-0.4, -0.2) is 15.5 Å². The van der Waals surface area contributed by atoms with Gasteiger partial charge in [-0.2, -0.15) is 0 Å². The number of hydrogen-bond acceptors (Lipinski definition) is 2. The van der Waals surface area contributed by atoms with Crippen LogP contribution in [0.25, 0.3) is 11.1 Å². The third-order valence-corrected chi connectivity index (χ3v) is 2.92. The molecular formula is C17H17N3O. The van der Waals surface area contributed by atoms with Crippen molar-refractivity contribution in [3.8, 4) is 11.1 Å². The lowest BCUT2D eigenvalue weighted by Crippen LogP contribution is -2.16. The van der Waals surface area contributed by atoms with Crippen LogP contribution in [0.2, 0.25) is 0 Å². The van der Waals surface area contributed by atoms with Gasteiger partial charge in [0.05, 0.1) is 0 Å². The monoisotopic (exact) mass is 279 g/mol. The Morgan fingerprint density at radius 3 is 1.71 bits per heavy atom. The van der Waals surface area contributed by atoms with Gasteiger partial charge in [0.1, 0.15) is 0 Å². The molecule has 0 radical (unpaired) electrons. The number of imidazole rings is 1. The van der Waals surface area contributed by atoms with E-state index in [0.29, 0.717) is 0 Å². The van der Waals surface area contributed by atoms with Crippen LogP contribution in [0.1, 0.15) is 10.6 Å². The Morgan fingerprint density at radius 2 is 1.43 bits per heavy atom. The molecule has 0 atom stereocenters. The number of hydrogen-bond donors (Lipinski definition) is 1. The summed E-state index contributed by atoms with van der Waals surface area (Å²) >= 11 is 0. The summed E-state index contributed by atoms with van der Waals surface area (Å²) in [5, 5.41) is 0. The zero-order valence-corrected chi connectivity index (χ0v) is 11.8. The first-order chi connectivity index (χ1) is 10.2. The first-order valence-electron chi connectivity index (χ1n) is 6.56. The molecule has 0 saturated carbocycles. The maximum Gasteiger partial charge on any atom is 0.284 e. The Kier molecular flexibility index (Phi) is 4.88. The summed E-state index contributed by atoms with van der Waals surface area (Å²) in [5.74, 6) is -0.211. The van der Waals surface area contributed by atoms with Gasteiger partial charge in [-0.3, -0.25) is 4.79 Å². The van der Waals surface area contributed by atoms with E-state index in [2.05, 4.69) is 53.5 Å². The van der Waals surface area contributed by atoms with E-state index >= 15 is 0 Å². The fourth-order valence-corrected chi connectivity index (χ4v) is 1.86. The molecule has 106 valence electrons. The van der Waals surface area contributed by atoms with Crippen LogP contribution in [-0.2, 0) is 7.05 Å². The van der Waals surface area contributed by atoms with Gasteiger partial charge in [-0.05, 0) is 11.1 Å². The first kappa shape index (κ1) is 14.5. The lowest BCUT2D eigenvalue weighted by atomic mass is 10.1. The van der Waals surface area contributed by atoms with Crippen LogP contribution in [0.4, 0.5) is 0 Å². The SMILES string of the molecule is Cn1ccnc1C(N)=O.c1ccc(-c2ccccc2)cc1. The number of benzene rings is 2. The van der Waals surface area contributed by atoms with Crippen molar-refractivity contribution in [1.82, 2.24) is 9.55 Å². The molecule has 0 saturated heterocycles. The number of nitrogens with zero attached hydrogens (tertiary/aromatic N) is 2. The van der Waals surface area contributed by atoms with Crippen LogP contribution in [0.3, 0.4) is 0 Å². The second-order valence-corrected chi connectivity index (χ2v) is 4.46. The van der Waals surface area contributed by atoms with Gasteiger partial charge in [0.2, 0.25) is 0 Å².